The van der Waals surface area contributed by atoms with Gasteiger partial charge in [0.1, 0.15) is 6.61 Å². The lowest BCUT2D eigenvalue weighted by atomic mass is 10.2. The number of nitrogens with zero attached hydrogens (tertiary/aromatic N) is 2. The van der Waals surface area contributed by atoms with Gasteiger partial charge in [0.15, 0.2) is 0 Å². The summed E-state index contributed by atoms with van der Waals surface area (Å²) in [7, 11) is 0. The summed E-state index contributed by atoms with van der Waals surface area (Å²) in [6, 6.07) is 0.511. The number of morpholine rings is 1. The van der Waals surface area contributed by atoms with Gasteiger partial charge in [0.25, 0.3) is 0 Å². The van der Waals surface area contributed by atoms with Crippen LogP contribution in [0.2, 0.25) is 0 Å². The minimum atomic E-state index is 0.117. The zero-order chi connectivity index (χ0) is 13.0. The first-order valence-electron chi connectivity index (χ1n) is 6.88. The van der Waals surface area contributed by atoms with Gasteiger partial charge in [-0.05, 0) is 20.3 Å². The van der Waals surface area contributed by atoms with Crippen LogP contribution in [0.1, 0.15) is 20.3 Å². The molecule has 5 nitrogen and oxygen atoms in total. The first kappa shape index (κ1) is 13.8. The molecule has 0 spiro atoms. The van der Waals surface area contributed by atoms with Crippen molar-refractivity contribution in [2.45, 2.75) is 32.4 Å². The summed E-state index contributed by atoms with van der Waals surface area (Å²) in [6.07, 6.45) is 1.19. The van der Waals surface area contributed by atoms with E-state index in [9.17, 15) is 4.79 Å². The van der Waals surface area contributed by atoms with E-state index in [-0.39, 0.29) is 18.6 Å². The number of hydrogen-bond acceptors (Lipinski definition) is 4. The van der Waals surface area contributed by atoms with E-state index in [1.165, 1.54) is 0 Å². The lowest BCUT2D eigenvalue weighted by molar-refractivity contribution is -0.136. The van der Waals surface area contributed by atoms with Crippen molar-refractivity contribution in [3.63, 3.8) is 0 Å². The third kappa shape index (κ3) is 3.67. The third-order valence-corrected chi connectivity index (χ3v) is 3.62. The van der Waals surface area contributed by atoms with Crippen LogP contribution in [0.4, 0.5) is 0 Å². The normalized spacial score (nSPS) is 25.9. The Morgan fingerprint density at radius 3 is 2.72 bits per heavy atom. The summed E-state index contributed by atoms with van der Waals surface area (Å²) in [6.45, 7) is 9.46. The summed E-state index contributed by atoms with van der Waals surface area (Å²) in [4.78, 5) is 16.3. The standard InChI is InChI=1S/C13H24N2O3/c1-11(2)18-10-13(16)15-4-3-12(9-15)14-5-7-17-8-6-14/h11-12H,3-10H2,1-2H3. The maximum atomic E-state index is 11.9. The van der Waals surface area contributed by atoms with E-state index < -0.39 is 0 Å². The van der Waals surface area contributed by atoms with Crippen molar-refractivity contribution < 1.29 is 14.3 Å². The molecule has 0 N–H and O–H groups in total. The topological polar surface area (TPSA) is 42.0 Å². The number of carbonyl (C=O) groups excluding carboxylic acids is 1. The fourth-order valence-electron chi connectivity index (χ4n) is 2.54. The van der Waals surface area contributed by atoms with Crippen LogP contribution in [0.25, 0.3) is 0 Å². The number of hydrogen-bond donors (Lipinski definition) is 0. The van der Waals surface area contributed by atoms with Crippen LogP contribution in [-0.2, 0) is 14.3 Å². The first-order chi connectivity index (χ1) is 8.66. The average Bonchev–Trinajstić information content (AvgIpc) is 2.86. The van der Waals surface area contributed by atoms with Gasteiger partial charge in [-0.2, -0.15) is 0 Å². The Kier molecular flexibility index (Phi) is 4.97. The highest BCUT2D eigenvalue weighted by atomic mass is 16.5. The quantitative estimate of drug-likeness (QED) is 0.727. The average molecular weight is 256 g/mol. The van der Waals surface area contributed by atoms with E-state index in [4.69, 9.17) is 9.47 Å². The molecule has 0 aromatic carbocycles. The van der Waals surface area contributed by atoms with Gasteiger partial charge in [0.05, 0.1) is 19.3 Å². The van der Waals surface area contributed by atoms with Crippen LogP contribution in [0.5, 0.6) is 0 Å². The predicted molar refractivity (Wildman–Crippen MR) is 68.5 cm³/mol. The molecule has 0 bridgehead atoms. The molecule has 0 radical (unpaired) electrons. The number of rotatable bonds is 4. The first-order valence-corrected chi connectivity index (χ1v) is 6.88. The lowest BCUT2D eigenvalue weighted by Crippen LogP contribution is -2.45. The molecule has 1 unspecified atom stereocenters. The Labute approximate surface area is 109 Å². The minimum absolute atomic E-state index is 0.117. The molecule has 0 aliphatic carbocycles. The molecule has 2 heterocycles. The number of likely N-dealkylation sites (tertiary alicyclic amines) is 1. The van der Waals surface area contributed by atoms with E-state index in [0.717, 1.165) is 45.8 Å². The maximum Gasteiger partial charge on any atom is 0.248 e. The highest BCUT2D eigenvalue weighted by molar-refractivity contribution is 5.77. The Balaban J connectivity index is 1.75. The summed E-state index contributed by atoms with van der Waals surface area (Å²) in [5, 5.41) is 0. The van der Waals surface area contributed by atoms with Gasteiger partial charge in [0.2, 0.25) is 5.91 Å². The second-order valence-corrected chi connectivity index (χ2v) is 5.29. The van der Waals surface area contributed by atoms with E-state index in [1.807, 2.05) is 18.7 Å². The van der Waals surface area contributed by atoms with Crippen LogP contribution in [0.3, 0.4) is 0 Å². The molecule has 1 amide bonds. The predicted octanol–water partition coefficient (Wildman–Crippen LogP) is 0.345. The molecule has 0 saturated carbocycles. The monoisotopic (exact) mass is 256 g/mol. The highest BCUT2D eigenvalue weighted by Gasteiger charge is 2.30. The van der Waals surface area contributed by atoms with Crippen LogP contribution in [0, 0.1) is 0 Å². The minimum Gasteiger partial charge on any atom is -0.379 e. The van der Waals surface area contributed by atoms with Gasteiger partial charge in [-0.3, -0.25) is 9.69 Å². The van der Waals surface area contributed by atoms with Gasteiger partial charge < -0.3 is 14.4 Å². The van der Waals surface area contributed by atoms with E-state index in [0.29, 0.717) is 6.04 Å². The molecule has 2 aliphatic rings. The largest absolute Gasteiger partial charge is 0.379 e. The number of carbonyl (C=O) groups is 1. The van der Waals surface area contributed by atoms with Crippen molar-refractivity contribution in [2.75, 3.05) is 46.0 Å². The van der Waals surface area contributed by atoms with Crippen molar-refractivity contribution in [1.82, 2.24) is 9.80 Å². The molecule has 1 atom stereocenters. The zero-order valence-corrected chi connectivity index (χ0v) is 11.4. The van der Waals surface area contributed by atoms with E-state index in [1.54, 1.807) is 0 Å². The SMILES string of the molecule is CC(C)OCC(=O)N1CCC(N2CCOCC2)C1. The van der Waals surface area contributed by atoms with Crippen LogP contribution in [-0.4, -0.2) is 73.9 Å². The van der Waals surface area contributed by atoms with E-state index in [2.05, 4.69) is 4.90 Å². The summed E-state index contributed by atoms with van der Waals surface area (Å²) in [5.41, 5.74) is 0. The summed E-state index contributed by atoms with van der Waals surface area (Å²) in [5.74, 6) is 0.124. The molecule has 5 heteroatoms. The Morgan fingerprint density at radius 1 is 1.33 bits per heavy atom. The number of ether oxygens (including phenoxy) is 2. The van der Waals surface area contributed by atoms with Gasteiger partial charge in [-0.1, -0.05) is 0 Å². The molecule has 0 aromatic heterocycles. The second kappa shape index (κ2) is 6.50. The van der Waals surface area contributed by atoms with Crippen molar-refractivity contribution in [3.8, 4) is 0 Å². The summed E-state index contributed by atoms with van der Waals surface area (Å²) >= 11 is 0. The molecule has 2 rings (SSSR count). The maximum absolute atomic E-state index is 11.9. The third-order valence-electron chi connectivity index (χ3n) is 3.62. The fourth-order valence-corrected chi connectivity index (χ4v) is 2.54. The molecule has 0 aromatic rings. The molecule has 104 valence electrons. The van der Waals surface area contributed by atoms with Gasteiger partial charge in [-0.15, -0.1) is 0 Å². The van der Waals surface area contributed by atoms with Crippen LogP contribution >= 0.6 is 0 Å². The zero-order valence-electron chi connectivity index (χ0n) is 11.4. The van der Waals surface area contributed by atoms with E-state index >= 15 is 0 Å². The van der Waals surface area contributed by atoms with Crippen LogP contribution < -0.4 is 0 Å². The van der Waals surface area contributed by atoms with Crippen molar-refractivity contribution in [1.29, 1.82) is 0 Å². The Bertz CT molecular complexity index is 277. The smallest absolute Gasteiger partial charge is 0.248 e. The van der Waals surface area contributed by atoms with Gasteiger partial charge >= 0.3 is 0 Å². The molecule has 2 saturated heterocycles. The van der Waals surface area contributed by atoms with Crippen LogP contribution in [0.15, 0.2) is 0 Å². The number of amides is 1. The fraction of sp³-hybridized carbons (Fsp3) is 0.923. The van der Waals surface area contributed by atoms with Gasteiger partial charge in [-0.25, -0.2) is 0 Å². The Hall–Kier alpha value is -0.650. The Morgan fingerprint density at radius 2 is 2.06 bits per heavy atom. The second-order valence-electron chi connectivity index (χ2n) is 5.29. The van der Waals surface area contributed by atoms with Crippen molar-refractivity contribution in [2.24, 2.45) is 0 Å². The molecular weight excluding hydrogens is 232 g/mol. The van der Waals surface area contributed by atoms with Crippen molar-refractivity contribution >= 4 is 5.91 Å². The van der Waals surface area contributed by atoms with Gasteiger partial charge in [0, 0.05) is 32.2 Å². The molecule has 2 aliphatic heterocycles. The highest BCUT2D eigenvalue weighted by Crippen LogP contribution is 2.17. The summed E-state index contributed by atoms with van der Waals surface area (Å²) < 4.78 is 10.7. The molecular formula is C13H24N2O3. The molecule has 18 heavy (non-hydrogen) atoms. The lowest BCUT2D eigenvalue weighted by Gasteiger charge is -2.32. The van der Waals surface area contributed by atoms with Crippen molar-refractivity contribution in [3.05, 3.63) is 0 Å². The molecule has 2 fully saturated rings.